The van der Waals surface area contributed by atoms with Crippen LogP contribution < -0.4 is 0 Å². The summed E-state index contributed by atoms with van der Waals surface area (Å²) in [7, 11) is -4.22. The molecule has 0 bridgehead atoms. The molecule has 0 aliphatic rings. The summed E-state index contributed by atoms with van der Waals surface area (Å²) in [5.41, 5.74) is 0.0882. The minimum absolute atomic E-state index is 0.444. The van der Waals surface area contributed by atoms with Crippen LogP contribution in [0.25, 0.3) is 0 Å². The van der Waals surface area contributed by atoms with Crippen molar-refractivity contribution in [1.29, 1.82) is 0 Å². The molecular formula is C17H28O3S. The Kier molecular flexibility index (Phi) is 6.00. The van der Waals surface area contributed by atoms with E-state index < -0.39 is 20.3 Å². The molecule has 1 aromatic carbocycles. The number of hydrogen-bond donors (Lipinski definition) is 1. The van der Waals surface area contributed by atoms with E-state index in [9.17, 15) is 13.0 Å². The Morgan fingerprint density at radius 1 is 1.00 bits per heavy atom. The predicted molar refractivity (Wildman–Crippen MR) is 87.9 cm³/mol. The molecule has 21 heavy (non-hydrogen) atoms. The molecule has 0 aliphatic carbocycles. The van der Waals surface area contributed by atoms with E-state index in [1.807, 2.05) is 39.0 Å². The molecule has 3 nitrogen and oxygen atoms in total. The fraction of sp³-hybridized carbons (Fsp3) is 0.647. The average molecular weight is 312 g/mol. The predicted octanol–water partition coefficient (Wildman–Crippen LogP) is 4.79. The number of hydrogen-bond acceptors (Lipinski definition) is 2. The number of rotatable bonds is 7. The van der Waals surface area contributed by atoms with Crippen LogP contribution in [0.2, 0.25) is 0 Å². The molecule has 0 amide bonds. The third kappa shape index (κ3) is 3.86. The van der Waals surface area contributed by atoms with E-state index >= 15 is 0 Å². The van der Waals surface area contributed by atoms with Gasteiger partial charge in [0, 0.05) is 0 Å². The van der Waals surface area contributed by atoms with Crippen molar-refractivity contribution in [3.63, 3.8) is 0 Å². The van der Waals surface area contributed by atoms with Crippen LogP contribution in [0, 0.1) is 5.41 Å². The SMILES string of the molecule is CCCCCCC(c1ccccc1)(C(C)(C)C)S(=O)(=O)O. The van der Waals surface area contributed by atoms with Crippen molar-refractivity contribution < 1.29 is 13.0 Å². The highest BCUT2D eigenvalue weighted by Gasteiger charge is 2.52. The van der Waals surface area contributed by atoms with Crippen LogP contribution in [0.1, 0.15) is 65.4 Å². The van der Waals surface area contributed by atoms with Crippen molar-refractivity contribution in [3.8, 4) is 0 Å². The number of unbranched alkanes of at least 4 members (excludes halogenated alkanes) is 3. The summed E-state index contributed by atoms with van der Waals surface area (Å²) in [6.45, 7) is 7.77. The first kappa shape index (κ1) is 18.2. The van der Waals surface area contributed by atoms with Crippen LogP contribution in [0.3, 0.4) is 0 Å². The molecule has 120 valence electrons. The maximum Gasteiger partial charge on any atom is 0.275 e. The first-order valence-corrected chi connectivity index (χ1v) is 9.13. The van der Waals surface area contributed by atoms with Gasteiger partial charge in [-0.25, -0.2) is 0 Å². The summed E-state index contributed by atoms with van der Waals surface area (Å²) in [5, 5.41) is 0. The number of benzene rings is 1. The smallest absolute Gasteiger partial charge is 0.275 e. The van der Waals surface area contributed by atoms with Crippen molar-refractivity contribution in [2.45, 2.75) is 64.5 Å². The van der Waals surface area contributed by atoms with Gasteiger partial charge in [0.1, 0.15) is 4.75 Å². The Balaban J connectivity index is 3.32. The monoisotopic (exact) mass is 312 g/mol. The zero-order valence-corrected chi connectivity index (χ0v) is 14.4. The standard InChI is InChI=1S/C17H28O3S/c1-5-6-7-11-14-17(16(2,3)4,21(18,19)20)15-12-9-8-10-13-15/h8-10,12-13H,5-7,11,14H2,1-4H3,(H,18,19,20). The van der Waals surface area contributed by atoms with E-state index in [1.54, 1.807) is 12.1 Å². The maximum atomic E-state index is 12.3. The van der Waals surface area contributed by atoms with Gasteiger partial charge in [0.2, 0.25) is 0 Å². The molecule has 4 heteroatoms. The maximum absolute atomic E-state index is 12.3. The molecule has 1 atom stereocenters. The normalized spacial score (nSPS) is 15.7. The van der Waals surface area contributed by atoms with Crippen LogP contribution in [-0.4, -0.2) is 13.0 Å². The lowest BCUT2D eigenvalue weighted by Crippen LogP contribution is -2.46. The van der Waals surface area contributed by atoms with E-state index in [4.69, 9.17) is 0 Å². The van der Waals surface area contributed by atoms with Gasteiger partial charge in [-0.05, 0) is 17.4 Å². The van der Waals surface area contributed by atoms with Gasteiger partial charge < -0.3 is 0 Å². The summed E-state index contributed by atoms with van der Waals surface area (Å²) < 4.78 is 33.4. The van der Waals surface area contributed by atoms with Gasteiger partial charge >= 0.3 is 0 Å². The molecule has 0 spiro atoms. The van der Waals surface area contributed by atoms with Crippen LogP contribution in [0.15, 0.2) is 30.3 Å². The second-order valence-corrected chi connectivity index (χ2v) is 8.38. The Bertz CT molecular complexity index is 529. The highest BCUT2D eigenvalue weighted by atomic mass is 32.2. The van der Waals surface area contributed by atoms with Crippen molar-refractivity contribution in [2.24, 2.45) is 5.41 Å². The van der Waals surface area contributed by atoms with Gasteiger partial charge in [0.15, 0.2) is 0 Å². The molecule has 1 unspecified atom stereocenters. The summed E-state index contributed by atoms with van der Waals surface area (Å²) >= 11 is 0. The van der Waals surface area contributed by atoms with E-state index in [1.165, 1.54) is 0 Å². The molecule has 0 fully saturated rings. The molecule has 0 radical (unpaired) electrons. The molecular weight excluding hydrogens is 284 g/mol. The molecule has 1 N–H and O–H groups in total. The third-order valence-corrected chi connectivity index (χ3v) is 6.21. The Labute approximate surface area is 129 Å². The van der Waals surface area contributed by atoms with Crippen molar-refractivity contribution in [1.82, 2.24) is 0 Å². The lowest BCUT2D eigenvalue weighted by molar-refractivity contribution is 0.229. The van der Waals surface area contributed by atoms with Crippen LogP contribution in [0.5, 0.6) is 0 Å². The van der Waals surface area contributed by atoms with Gasteiger partial charge in [0.25, 0.3) is 10.1 Å². The zero-order valence-electron chi connectivity index (χ0n) is 13.6. The second kappa shape index (κ2) is 6.93. The van der Waals surface area contributed by atoms with Crippen LogP contribution in [-0.2, 0) is 14.9 Å². The average Bonchev–Trinajstić information content (AvgIpc) is 2.37. The van der Waals surface area contributed by atoms with Crippen molar-refractivity contribution in [2.75, 3.05) is 0 Å². The molecule has 0 heterocycles. The summed E-state index contributed by atoms with van der Waals surface area (Å²) in [5.74, 6) is 0. The Morgan fingerprint density at radius 2 is 1.57 bits per heavy atom. The van der Waals surface area contributed by atoms with E-state index in [0.717, 1.165) is 25.7 Å². The molecule has 1 rings (SSSR count). The van der Waals surface area contributed by atoms with Crippen molar-refractivity contribution in [3.05, 3.63) is 35.9 Å². The summed E-state index contributed by atoms with van der Waals surface area (Å²) in [6.07, 6.45) is 4.40. The summed E-state index contributed by atoms with van der Waals surface area (Å²) in [6, 6.07) is 9.12. The molecule has 0 aromatic heterocycles. The van der Waals surface area contributed by atoms with E-state index in [0.29, 0.717) is 12.0 Å². The molecule has 0 saturated carbocycles. The molecule has 1 aromatic rings. The first-order valence-electron chi connectivity index (χ1n) is 7.69. The summed E-state index contributed by atoms with van der Waals surface area (Å²) in [4.78, 5) is 0. The topological polar surface area (TPSA) is 54.4 Å². The van der Waals surface area contributed by atoms with E-state index in [-0.39, 0.29) is 0 Å². The van der Waals surface area contributed by atoms with Crippen molar-refractivity contribution >= 4 is 10.1 Å². The van der Waals surface area contributed by atoms with Gasteiger partial charge in [0.05, 0.1) is 0 Å². The zero-order chi connectivity index (χ0) is 16.1. The van der Waals surface area contributed by atoms with Gasteiger partial charge in [-0.3, -0.25) is 4.55 Å². The highest BCUT2D eigenvalue weighted by Crippen LogP contribution is 2.49. The van der Waals surface area contributed by atoms with Crippen LogP contribution in [0.4, 0.5) is 0 Å². The van der Waals surface area contributed by atoms with Gasteiger partial charge in [-0.1, -0.05) is 83.7 Å². The quantitative estimate of drug-likeness (QED) is 0.582. The molecule has 0 saturated heterocycles. The largest absolute Gasteiger partial charge is 0.285 e. The van der Waals surface area contributed by atoms with Crippen LogP contribution >= 0.6 is 0 Å². The van der Waals surface area contributed by atoms with Gasteiger partial charge in [-0.2, -0.15) is 8.42 Å². The third-order valence-electron chi connectivity index (χ3n) is 4.27. The van der Waals surface area contributed by atoms with E-state index in [2.05, 4.69) is 6.92 Å². The highest BCUT2D eigenvalue weighted by molar-refractivity contribution is 7.86. The minimum atomic E-state index is -4.22. The Hall–Kier alpha value is -0.870. The molecule has 0 aliphatic heterocycles. The lowest BCUT2D eigenvalue weighted by atomic mass is 9.72. The Morgan fingerprint density at radius 3 is 2.00 bits per heavy atom. The minimum Gasteiger partial charge on any atom is -0.285 e. The fourth-order valence-electron chi connectivity index (χ4n) is 3.13. The lowest BCUT2D eigenvalue weighted by Gasteiger charge is -2.42. The first-order chi connectivity index (χ1) is 9.67. The fourth-order valence-corrected chi connectivity index (χ4v) is 4.74. The van der Waals surface area contributed by atoms with Gasteiger partial charge in [-0.15, -0.1) is 0 Å². The second-order valence-electron chi connectivity index (χ2n) is 6.73.